The largest absolute Gasteiger partial charge is 0.449 e. The summed E-state index contributed by atoms with van der Waals surface area (Å²) in [5.74, 6) is 4.14. The Balaban J connectivity index is 2.63. The van der Waals surface area contributed by atoms with Crippen LogP contribution in [0.2, 0.25) is 0 Å². The first kappa shape index (κ1) is 10.3. The Bertz CT molecular complexity index is 388. The standard InChI is InChI=1S/C11H9FO2/c1-2-3-7-14-11(13)9-5-4-6-10(12)8-9/h4-6,8H,7H2,1H3. The first-order valence-corrected chi connectivity index (χ1v) is 4.06. The lowest BCUT2D eigenvalue weighted by Crippen LogP contribution is -2.05. The Hall–Kier alpha value is -1.82. The lowest BCUT2D eigenvalue weighted by atomic mass is 10.2. The van der Waals surface area contributed by atoms with Crippen molar-refractivity contribution >= 4 is 5.97 Å². The van der Waals surface area contributed by atoms with Crippen molar-refractivity contribution in [3.8, 4) is 11.8 Å². The summed E-state index contributed by atoms with van der Waals surface area (Å²) in [7, 11) is 0. The molecule has 14 heavy (non-hydrogen) atoms. The van der Waals surface area contributed by atoms with Crippen molar-refractivity contribution < 1.29 is 13.9 Å². The van der Waals surface area contributed by atoms with Gasteiger partial charge < -0.3 is 4.74 Å². The van der Waals surface area contributed by atoms with Gasteiger partial charge in [-0.1, -0.05) is 12.0 Å². The molecular weight excluding hydrogens is 183 g/mol. The third-order valence-electron chi connectivity index (χ3n) is 1.51. The summed E-state index contributed by atoms with van der Waals surface area (Å²) >= 11 is 0. The summed E-state index contributed by atoms with van der Waals surface area (Å²) in [6.07, 6.45) is 0. The van der Waals surface area contributed by atoms with Gasteiger partial charge in [-0.05, 0) is 25.1 Å². The zero-order valence-electron chi connectivity index (χ0n) is 7.71. The molecule has 0 saturated heterocycles. The highest BCUT2D eigenvalue weighted by molar-refractivity contribution is 5.89. The number of hydrogen-bond acceptors (Lipinski definition) is 2. The van der Waals surface area contributed by atoms with Crippen molar-refractivity contribution in [3.63, 3.8) is 0 Å². The van der Waals surface area contributed by atoms with Crippen LogP contribution >= 0.6 is 0 Å². The lowest BCUT2D eigenvalue weighted by molar-refractivity contribution is 0.0556. The van der Waals surface area contributed by atoms with E-state index in [1.54, 1.807) is 6.92 Å². The smallest absolute Gasteiger partial charge is 0.339 e. The maximum Gasteiger partial charge on any atom is 0.339 e. The molecule has 1 aromatic carbocycles. The second-order valence-electron chi connectivity index (χ2n) is 2.51. The van der Waals surface area contributed by atoms with Gasteiger partial charge in [-0.2, -0.15) is 0 Å². The van der Waals surface area contributed by atoms with Crippen molar-refractivity contribution in [2.24, 2.45) is 0 Å². The summed E-state index contributed by atoms with van der Waals surface area (Å²) in [4.78, 5) is 11.2. The topological polar surface area (TPSA) is 26.3 Å². The monoisotopic (exact) mass is 192 g/mol. The fraction of sp³-hybridized carbons (Fsp3) is 0.182. The van der Waals surface area contributed by atoms with E-state index in [2.05, 4.69) is 11.8 Å². The Morgan fingerprint density at radius 2 is 2.36 bits per heavy atom. The average molecular weight is 192 g/mol. The molecule has 0 fully saturated rings. The number of esters is 1. The van der Waals surface area contributed by atoms with E-state index in [4.69, 9.17) is 4.74 Å². The predicted octanol–water partition coefficient (Wildman–Crippen LogP) is 2.01. The van der Waals surface area contributed by atoms with Gasteiger partial charge in [0, 0.05) is 0 Å². The Morgan fingerprint density at radius 3 is 3.00 bits per heavy atom. The van der Waals surface area contributed by atoms with E-state index in [1.165, 1.54) is 18.2 Å². The van der Waals surface area contributed by atoms with Crippen LogP contribution in [0.5, 0.6) is 0 Å². The van der Waals surface area contributed by atoms with Crippen molar-refractivity contribution in [3.05, 3.63) is 35.6 Å². The van der Waals surface area contributed by atoms with E-state index in [1.807, 2.05) is 0 Å². The minimum Gasteiger partial charge on any atom is -0.449 e. The van der Waals surface area contributed by atoms with E-state index in [-0.39, 0.29) is 12.2 Å². The van der Waals surface area contributed by atoms with Gasteiger partial charge in [0.2, 0.25) is 0 Å². The first-order valence-electron chi connectivity index (χ1n) is 4.06. The molecule has 0 aliphatic rings. The molecule has 3 heteroatoms. The maximum atomic E-state index is 12.7. The van der Waals surface area contributed by atoms with Crippen molar-refractivity contribution in [2.45, 2.75) is 6.92 Å². The van der Waals surface area contributed by atoms with Crippen molar-refractivity contribution in [2.75, 3.05) is 6.61 Å². The molecule has 0 aliphatic heterocycles. The highest BCUT2D eigenvalue weighted by atomic mass is 19.1. The molecule has 0 heterocycles. The zero-order chi connectivity index (χ0) is 10.4. The Kier molecular flexibility index (Phi) is 3.69. The van der Waals surface area contributed by atoms with Gasteiger partial charge in [-0.25, -0.2) is 9.18 Å². The van der Waals surface area contributed by atoms with E-state index in [0.717, 1.165) is 6.07 Å². The van der Waals surface area contributed by atoms with E-state index < -0.39 is 11.8 Å². The minimum absolute atomic E-state index is 0.0336. The van der Waals surface area contributed by atoms with E-state index in [9.17, 15) is 9.18 Å². The normalized spacial score (nSPS) is 8.71. The van der Waals surface area contributed by atoms with Gasteiger partial charge in [-0.3, -0.25) is 0 Å². The summed E-state index contributed by atoms with van der Waals surface area (Å²) in [5, 5.41) is 0. The van der Waals surface area contributed by atoms with Crippen LogP contribution < -0.4 is 0 Å². The van der Waals surface area contributed by atoms with E-state index in [0.29, 0.717) is 0 Å². The first-order chi connectivity index (χ1) is 6.74. The summed E-state index contributed by atoms with van der Waals surface area (Å²) in [5.41, 5.74) is 0.197. The van der Waals surface area contributed by atoms with Gasteiger partial charge in [0.25, 0.3) is 0 Å². The second kappa shape index (κ2) is 5.03. The van der Waals surface area contributed by atoms with Crippen LogP contribution in [0.3, 0.4) is 0 Å². The Labute approximate surface area is 81.7 Å². The molecule has 0 aromatic heterocycles. The number of halogens is 1. The fourth-order valence-corrected chi connectivity index (χ4v) is 0.873. The quantitative estimate of drug-likeness (QED) is 0.529. The van der Waals surface area contributed by atoms with Gasteiger partial charge in [-0.15, -0.1) is 5.92 Å². The number of hydrogen-bond donors (Lipinski definition) is 0. The molecule has 1 aromatic rings. The zero-order valence-corrected chi connectivity index (χ0v) is 7.71. The number of rotatable bonds is 2. The predicted molar refractivity (Wildman–Crippen MR) is 50.1 cm³/mol. The molecule has 2 nitrogen and oxygen atoms in total. The molecule has 0 unspecified atom stereocenters. The van der Waals surface area contributed by atoms with E-state index >= 15 is 0 Å². The average Bonchev–Trinajstić information content (AvgIpc) is 2.18. The summed E-state index contributed by atoms with van der Waals surface area (Å²) in [6, 6.07) is 5.34. The fourth-order valence-electron chi connectivity index (χ4n) is 0.873. The van der Waals surface area contributed by atoms with Crippen LogP contribution in [0.25, 0.3) is 0 Å². The van der Waals surface area contributed by atoms with Crippen LogP contribution in [0.15, 0.2) is 24.3 Å². The Morgan fingerprint density at radius 1 is 1.57 bits per heavy atom. The molecule has 0 bridgehead atoms. The highest BCUT2D eigenvalue weighted by Crippen LogP contribution is 2.04. The van der Waals surface area contributed by atoms with Gasteiger partial charge in [0.15, 0.2) is 6.61 Å². The summed E-state index contributed by atoms with van der Waals surface area (Å²) < 4.78 is 17.4. The molecule has 0 saturated carbocycles. The number of carbonyl (C=O) groups is 1. The molecular formula is C11H9FO2. The summed E-state index contributed by atoms with van der Waals surface area (Å²) in [6.45, 7) is 1.68. The molecule has 0 atom stereocenters. The molecule has 0 aliphatic carbocycles. The molecule has 0 radical (unpaired) electrons. The third kappa shape index (κ3) is 2.91. The molecule has 0 spiro atoms. The van der Waals surface area contributed by atoms with Crippen molar-refractivity contribution in [1.29, 1.82) is 0 Å². The molecule has 0 N–H and O–H groups in total. The number of ether oxygens (including phenoxy) is 1. The van der Waals surface area contributed by atoms with Crippen LogP contribution in [0, 0.1) is 17.7 Å². The maximum absolute atomic E-state index is 12.7. The molecule has 1 rings (SSSR count). The third-order valence-corrected chi connectivity index (χ3v) is 1.51. The van der Waals surface area contributed by atoms with Crippen molar-refractivity contribution in [1.82, 2.24) is 0 Å². The second-order valence-corrected chi connectivity index (χ2v) is 2.51. The highest BCUT2D eigenvalue weighted by Gasteiger charge is 2.06. The molecule has 0 amide bonds. The van der Waals surface area contributed by atoms with Crippen LogP contribution in [0.4, 0.5) is 4.39 Å². The van der Waals surface area contributed by atoms with Gasteiger partial charge in [0.1, 0.15) is 5.82 Å². The molecule has 72 valence electrons. The lowest BCUT2D eigenvalue weighted by Gasteiger charge is -2.00. The van der Waals surface area contributed by atoms with Crippen LogP contribution in [-0.4, -0.2) is 12.6 Å². The van der Waals surface area contributed by atoms with Crippen LogP contribution in [0.1, 0.15) is 17.3 Å². The van der Waals surface area contributed by atoms with Crippen LogP contribution in [-0.2, 0) is 4.74 Å². The van der Waals surface area contributed by atoms with Gasteiger partial charge >= 0.3 is 5.97 Å². The SMILES string of the molecule is CC#CCOC(=O)c1cccc(F)c1. The number of carbonyl (C=O) groups excluding carboxylic acids is 1. The number of benzene rings is 1. The minimum atomic E-state index is -0.563. The van der Waals surface area contributed by atoms with Gasteiger partial charge in [0.05, 0.1) is 5.56 Å².